The molecule has 7 nitrogen and oxygen atoms in total. The summed E-state index contributed by atoms with van der Waals surface area (Å²) in [5, 5.41) is 14.7. The molecule has 2 amide bonds. The SMILES string of the molecule is CCC[C@@H](CC(=O)O)NC(=O)C(CNC(=O)OCC1c2ccccc2-c2ccccc21)CC(C)C. The fraction of sp³-hybridized carbons (Fsp3) is 0.464. The van der Waals surface area contributed by atoms with Crippen molar-refractivity contribution in [2.45, 2.75) is 58.4 Å². The minimum absolute atomic E-state index is 0.0336. The van der Waals surface area contributed by atoms with E-state index in [-0.39, 0.29) is 37.3 Å². The molecule has 188 valence electrons. The molecule has 0 bridgehead atoms. The summed E-state index contributed by atoms with van der Waals surface area (Å²) in [5.41, 5.74) is 4.60. The zero-order valence-electron chi connectivity index (χ0n) is 20.8. The van der Waals surface area contributed by atoms with Crippen molar-refractivity contribution in [2.75, 3.05) is 13.2 Å². The van der Waals surface area contributed by atoms with Crippen LogP contribution in [0.2, 0.25) is 0 Å². The molecular formula is C28H36N2O5. The Labute approximate surface area is 207 Å². The topological polar surface area (TPSA) is 105 Å². The van der Waals surface area contributed by atoms with Crippen molar-refractivity contribution in [1.82, 2.24) is 10.6 Å². The zero-order valence-corrected chi connectivity index (χ0v) is 20.8. The van der Waals surface area contributed by atoms with Gasteiger partial charge in [-0.2, -0.15) is 0 Å². The molecule has 3 rings (SSSR count). The van der Waals surface area contributed by atoms with E-state index < -0.39 is 24.0 Å². The standard InChI is InChI=1S/C28H36N2O5/c1-4-9-20(15-26(31)32)30-27(33)19(14-18(2)3)16-29-28(34)35-17-25-23-12-7-5-10-21(23)22-11-6-8-13-24(22)25/h5-8,10-13,18-20,25H,4,9,14-17H2,1-3H3,(H,29,34)(H,30,33)(H,31,32)/t19?,20-/m0/s1. The van der Waals surface area contributed by atoms with E-state index >= 15 is 0 Å². The van der Waals surface area contributed by atoms with E-state index in [1.165, 1.54) is 0 Å². The molecule has 0 heterocycles. The zero-order chi connectivity index (χ0) is 25.4. The maximum absolute atomic E-state index is 12.9. The number of carboxylic acid groups (broad SMARTS) is 1. The lowest BCUT2D eigenvalue weighted by Gasteiger charge is -2.23. The number of carboxylic acids is 1. The largest absolute Gasteiger partial charge is 0.481 e. The number of carbonyl (C=O) groups is 3. The second-order valence-electron chi connectivity index (χ2n) is 9.62. The lowest BCUT2D eigenvalue weighted by Crippen LogP contribution is -2.44. The van der Waals surface area contributed by atoms with Crippen LogP contribution >= 0.6 is 0 Å². The molecule has 1 aliphatic rings. The van der Waals surface area contributed by atoms with Crippen LogP contribution in [0.1, 0.15) is 63.5 Å². The summed E-state index contributed by atoms with van der Waals surface area (Å²) in [4.78, 5) is 36.6. The maximum atomic E-state index is 12.9. The smallest absolute Gasteiger partial charge is 0.407 e. The second-order valence-corrected chi connectivity index (χ2v) is 9.62. The van der Waals surface area contributed by atoms with Gasteiger partial charge in [0.1, 0.15) is 6.61 Å². The number of aliphatic carboxylic acids is 1. The number of alkyl carbamates (subject to hydrolysis) is 1. The van der Waals surface area contributed by atoms with Gasteiger partial charge in [0, 0.05) is 18.5 Å². The van der Waals surface area contributed by atoms with Crippen LogP contribution in [0, 0.1) is 11.8 Å². The van der Waals surface area contributed by atoms with Crippen LogP contribution in [0.3, 0.4) is 0 Å². The lowest BCUT2D eigenvalue weighted by molar-refractivity contribution is -0.138. The Morgan fingerprint density at radius 1 is 1.00 bits per heavy atom. The number of rotatable bonds is 12. The van der Waals surface area contributed by atoms with Gasteiger partial charge in [0.05, 0.1) is 12.3 Å². The van der Waals surface area contributed by atoms with Gasteiger partial charge in [0.25, 0.3) is 0 Å². The van der Waals surface area contributed by atoms with E-state index in [1.807, 2.05) is 45.0 Å². The fourth-order valence-corrected chi connectivity index (χ4v) is 4.81. The molecule has 2 aromatic carbocycles. The van der Waals surface area contributed by atoms with Crippen LogP contribution in [-0.4, -0.2) is 42.3 Å². The van der Waals surface area contributed by atoms with E-state index in [1.54, 1.807) is 0 Å². The van der Waals surface area contributed by atoms with E-state index in [2.05, 4.69) is 34.9 Å². The van der Waals surface area contributed by atoms with E-state index in [4.69, 9.17) is 9.84 Å². The van der Waals surface area contributed by atoms with Crippen molar-refractivity contribution in [3.63, 3.8) is 0 Å². The number of hydrogen-bond acceptors (Lipinski definition) is 4. The van der Waals surface area contributed by atoms with Gasteiger partial charge in [-0.3, -0.25) is 9.59 Å². The maximum Gasteiger partial charge on any atom is 0.407 e. The first-order valence-corrected chi connectivity index (χ1v) is 12.4. The van der Waals surface area contributed by atoms with Gasteiger partial charge >= 0.3 is 12.1 Å². The van der Waals surface area contributed by atoms with Gasteiger partial charge in [0.15, 0.2) is 0 Å². The number of nitrogens with one attached hydrogen (secondary N) is 2. The molecule has 2 aromatic rings. The van der Waals surface area contributed by atoms with E-state index in [0.717, 1.165) is 28.7 Å². The minimum atomic E-state index is -0.944. The van der Waals surface area contributed by atoms with Gasteiger partial charge in [-0.1, -0.05) is 75.7 Å². The van der Waals surface area contributed by atoms with E-state index in [0.29, 0.717) is 12.8 Å². The Kier molecular flexibility index (Phi) is 9.29. The van der Waals surface area contributed by atoms with Crippen molar-refractivity contribution in [3.8, 4) is 11.1 Å². The fourth-order valence-electron chi connectivity index (χ4n) is 4.81. The second kappa shape index (κ2) is 12.4. The molecule has 0 fully saturated rings. The molecule has 0 aromatic heterocycles. The third-order valence-corrected chi connectivity index (χ3v) is 6.37. The molecule has 0 saturated heterocycles. The van der Waals surface area contributed by atoms with Crippen LogP contribution in [0.25, 0.3) is 11.1 Å². The van der Waals surface area contributed by atoms with Crippen LogP contribution < -0.4 is 10.6 Å². The van der Waals surface area contributed by atoms with Crippen molar-refractivity contribution in [3.05, 3.63) is 59.7 Å². The number of benzene rings is 2. The van der Waals surface area contributed by atoms with Crippen molar-refractivity contribution in [2.24, 2.45) is 11.8 Å². The van der Waals surface area contributed by atoms with Crippen LogP contribution in [-0.2, 0) is 14.3 Å². The quantitative estimate of drug-likeness (QED) is 0.399. The van der Waals surface area contributed by atoms with Crippen LogP contribution in [0.15, 0.2) is 48.5 Å². The predicted octanol–water partition coefficient (Wildman–Crippen LogP) is 4.95. The number of hydrogen-bond donors (Lipinski definition) is 3. The summed E-state index contributed by atoms with van der Waals surface area (Å²) in [6, 6.07) is 15.9. The van der Waals surface area contributed by atoms with Gasteiger partial charge in [-0.05, 0) is 41.0 Å². The third-order valence-electron chi connectivity index (χ3n) is 6.37. The molecule has 0 saturated carbocycles. The number of fused-ring (bicyclic) bond motifs is 3. The Morgan fingerprint density at radius 3 is 2.14 bits per heavy atom. The first-order valence-electron chi connectivity index (χ1n) is 12.4. The normalized spacial score (nSPS) is 14.1. The average Bonchev–Trinajstić information content (AvgIpc) is 3.13. The average molecular weight is 481 g/mol. The molecule has 1 aliphatic carbocycles. The van der Waals surface area contributed by atoms with Crippen molar-refractivity contribution < 1.29 is 24.2 Å². The minimum Gasteiger partial charge on any atom is -0.481 e. The highest BCUT2D eigenvalue weighted by atomic mass is 16.5. The Bertz CT molecular complexity index is 990. The van der Waals surface area contributed by atoms with Gasteiger partial charge in [0.2, 0.25) is 5.91 Å². The van der Waals surface area contributed by atoms with Gasteiger partial charge in [-0.25, -0.2) is 4.79 Å². The summed E-state index contributed by atoms with van der Waals surface area (Å²) in [6.07, 6.45) is 1.25. The first-order chi connectivity index (χ1) is 16.8. The van der Waals surface area contributed by atoms with Crippen molar-refractivity contribution >= 4 is 18.0 Å². The van der Waals surface area contributed by atoms with Crippen LogP contribution in [0.5, 0.6) is 0 Å². The predicted molar refractivity (Wildman–Crippen MR) is 135 cm³/mol. The van der Waals surface area contributed by atoms with Crippen LogP contribution in [0.4, 0.5) is 4.79 Å². The number of amides is 2. The van der Waals surface area contributed by atoms with Gasteiger partial charge in [-0.15, -0.1) is 0 Å². The Morgan fingerprint density at radius 2 is 1.60 bits per heavy atom. The first kappa shape index (κ1) is 26.3. The highest BCUT2D eigenvalue weighted by Gasteiger charge is 2.29. The molecule has 3 N–H and O–H groups in total. The molecule has 1 unspecified atom stereocenters. The summed E-state index contributed by atoms with van der Waals surface area (Å²) in [6.45, 7) is 6.30. The summed E-state index contributed by atoms with van der Waals surface area (Å²) >= 11 is 0. The Balaban J connectivity index is 1.58. The lowest BCUT2D eigenvalue weighted by atomic mass is 9.95. The number of ether oxygens (including phenoxy) is 1. The summed E-state index contributed by atoms with van der Waals surface area (Å²) in [5.74, 6) is -1.45. The highest BCUT2D eigenvalue weighted by molar-refractivity contribution is 5.81. The van der Waals surface area contributed by atoms with Gasteiger partial charge < -0.3 is 20.5 Å². The molecule has 0 radical (unpaired) electrons. The van der Waals surface area contributed by atoms with E-state index in [9.17, 15) is 14.4 Å². The molecule has 35 heavy (non-hydrogen) atoms. The summed E-state index contributed by atoms with van der Waals surface area (Å²) in [7, 11) is 0. The van der Waals surface area contributed by atoms with Crippen molar-refractivity contribution in [1.29, 1.82) is 0 Å². The molecular weight excluding hydrogens is 444 g/mol. The third kappa shape index (κ3) is 7.07. The number of carbonyl (C=O) groups excluding carboxylic acids is 2. The highest BCUT2D eigenvalue weighted by Crippen LogP contribution is 2.44. The molecule has 0 spiro atoms. The Hall–Kier alpha value is -3.35. The monoisotopic (exact) mass is 480 g/mol. The molecule has 2 atom stereocenters. The summed E-state index contributed by atoms with van der Waals surface area (Å²) < 4.78 is 5.59. The molecule has 7 heteroatoms. The molecule has 0 aliphatic heterocycles.